The molecule has 0 saturated heterocycles. The number of rotatable bonds is 5. The van der Waals surface area contributed by atoms with Crippen LogP contribution >= 0.6 is 11.3 Å². The quantitative estimate of drug-likeness (QED) is 0.909. The van der Waals surface area contributed by atoms with E-state index in [2.05, 4.69) is 54.9 Å². The number of hydrogen-bond acceptors (Lipinski definition) is 3. The Labute approximate surface area is 142 Å². The number of carbonyl (C=O) groups excluding carboxylic acids is 1. The van der Waals surface area contributed by atoms with E-state index in [-0.39, 0.29) is 11.9 Å². The summed E-state index contributed by atoms with van der Waals surface area (Å²) >= 11 is 1.81. The highest BCUT2D eigenvalue weighted by molar-refractivity contribution is 7.10. The number of nitrogens with zero attached hydrogens (tertiary/aromatic N) is 1. The molecule has 1 aliphatic rings. The average molecular weight is 328 g/mol. The van der Waals surface area contributed by atoms with Crippen LogP contribution in [-0.4, -0.2) is 29.9 Å². The topological polar surface area (TPSA) is 32.3 Å². The van der Waals surface area contributed by atoms with Crippen LogP contribution in [0.5, 0.6) is 0 Å². The van der Waals surface area contributed by atoms with Crippen LogP contribution in [-0.2, 0) is 11.2 Å². The number of fused-ring (bicyclic) bond motifs is 1. The van der Waals surface area contributed by atoms with Crippen LogP contribution in [0.15, 0.2) is 41.8 Å². The van der Waals surface area contributed by atoms with Gasteiger partial charge in [-0.3, -0.25) is 4.79 Å². The van der Waals surface area contributed by atoms with Crippen molar-refractivity contribution >= 4 is 17.2 Å². The van der Waals surface area contributed by atoms with E-state index in [1.54, 1.807) is 11.3 Å². The molecule has 0 spiro atoms. The Morgan fingerprint density at radius 3 is 2.87 bits per heavy atom. The van der Waals surface area contributed by atoms with E-state index in [0.29, 0.717) is 12.6 Å². The van der Waals surface area contributed by atoms with Gasteiger partial charge in [-0.05, 0) is 42.3 Å². The molecule has 2 atom stereocenters. The zero-order valence-electron chi connectivity index (χ0n) is 13.8. The first kappa shape index (κ1) is 16.2. The van der Waals surface area contributed by atoms with Crippen molar-refractivity contribution < 1.29 is 4.79 Å². The summed E-state index contributed by atoms with van der Waals surface area (Å²) in [7, 11) is 0. The van der Waals surface area contributed by atoms with Crippen molar-refractivity contribution in [1.82, 2.24) is 10.2 Å². The molecule has 1 aromatic heterocycles. The molecule has 0 saturated carbocycles. The molecule has 1 aliphatic heterocycles. The van der Waals surface area contributed by atoms with E-state index in [9.17, 15) is 4.79 Å². The third kappa shape index (κ3) is 3.48. The minimum atomic E-state index is 0.0532. The van der Waals surface area contributed by atoms with E-state index >= 15 is 0 Å². The van der Waals surface area contributed by atoms with Crippen molar-refractivity contribution in [3.05, 3.63) is 57.8 Å². The molecular weight excluding hydrogens is 304 g/mol. The Morgan fingerprint density at radius 1 is 1.35 bits per heavy atom. The van der Waals surface area contributed by atoms with Gasteiger partial charge in [-0.15, -0.1) is 11.3 Å². The first-order valence-electron chi connectivity index (χ1n) is 8.34. The van der Waals surface area contributed by atoms with Crippen molar-refractivity contribution in [3.8, 4) is 0 Å². The number of nitrogens with one attached hydrogen (secondary N) is 1. The lowest BCUT2D eigenvalue weighted by molar-refractivity contribution is -0.132. The van der Waals surface area contributed by atoms with Crippen molar-refractivity contribution in [2.24, 2.45) is 0 Å². The lowest BCUT2D eigenvalue weighted by Gasteiger charge is -2.36. The normalized spacial score (nSPS) is 18.5. The molecule has 3 nitrogen and oxygen atoms in total. The molecule has 0 fully saturated rings. The van der Waals surface area contributed by atoms with Crippen LogP contribution in [0.1, 0.15) is 42.3 Å². The molecule has 23 heavy (non-hydrogen) atoms. The van der Waals surface area contributed by atoms with E-state index in [1.165, 1.54) is 16.0 Å². The monoisotopic (exact) mass is 328 g/mol. The van der Waals surface area contributed by atoms with Crippen LogP contribution in [0.3, 0.4) is 0 Å². The number of benzene rings is 1. The largest absolute Gasteiger partial charge is 0.330 e. The SMILES string of the molecule is CC[C@@H](C)NCC(=O)N1CCc2sccc2[C@H]1c1ccccc1. The van der Waals surface area contributed by atoms with Gasteiger partial charge in [-0.25, -0.2) is 0 Å². The second-order valence-corrected chi connectivity index (χ2v) is 7.14. The predicted octanol–water partition coefficient (Wildman–Crippen LogP) is 3.61. The first-order valence-corrected chi connectivity index (χ1v) is 9.22. The maximum absolute atomic E-state index is 12.8. The number of hydrogen-bond donors (Lipinski definition) is 1. The van der Waals surface area contributed by atoms with Crippen LogP contribution < -0.4 is 5.32 Å². The molecule has 0 unspecified atom stereocenters. The van der Waals surface area contributed by atoms with Gasteiger partial charge in [0.05, 0.1) is 12.6 Å². The number of amides is 1. The van der Waals surface area contributed by atoms with E-state index in [4.69, 9.17) is 0 Å². The molecule has 1 N–H and O–H groups in total. The third-order valence-corrected chi connectivity index (χ3v) is 5.61. The van der Waals surface area contributed by atoms with Gasteiger partial charge in [0.15, 0.2) is 0 Å². The fraction of sp³-hybridized carbons (Fsp3) is 0.421. The zero-order chi connectivity index (χ0) is 16.2. The molecule has 0 aliphatic carbocycles. The highest BCUT2D eigenvalue weighted by atomic mass is 32.1. The molecule has 0 radical (unpaired) electrons. The Kier molecular flexibility index (Phi) is 5.13. The molecule has 3 rings (SSSR count). The molecule has 1 amide bonds. The van der Waals surface area contributed by atoms with Gasteiger partial charge in [0.1, 0.15) is 0 Å². The van der Waals surface area contributed by atoms with Crippen molar-refractivity contribution in [3.63, 3.8) is 0 Å². The van der Waals surface area contributed by atoms with Gasteiger partial charge < -0.3 is 10.2 Å². The maximum atomic E-state index is 12.8. The summed E-state index contributed by atoms with van der Waals surface area (Å²) < 4.78 is 0. The van der Waals surface area contributed by atoms with Crippen LogP contribution in [0.4, 0.5) is 0 Å². The lowest BCUT2D eigenvalue weighted by Crippen LogP contribution is -2.45. The van der Waals surface area contributed by atoms with Gasteiger partial charge in [-0.2, -0.15) is 0 Å². The van der Waals surface area contributed by atoms with Crippen LogP contribution in [0.2, 0.25) is 0 Å². The Bertz CT molecular complexity index is 652. The average Bonchev–Trinajstić information content (AvgIpc) is 3.07. The minimum absolute atomic E-state index is 0.0532. The molecule has 2 aromatic rings. The predicted molar refractivity (Wildman–Crippen MR) is 95.8 cm³/mol. The fourth-order valence-corrected chi connectivity index (χ4v) is 3.99. The highest BCUT2D eigenvalue weighted by Crippen LogP contribution is 2.37. The summed E-state index contributed by atoms with van der Waals surface area (Å²) in [5.74, 6) is 0.191. The van der Waals surface area contributed by atoms with Gasteiger partial charge in [0.2, 0.25) is 5.91 Å². The van der Waals surface area contributed by atoms with Gasteiger partial charge in [0.25, 0.3) is 0 Å². The first-order chi connectivity index (χ1) is 11.2. The van der Waals surface area contributed by atoms with Crippen LogP contribution in [0, 0.1) is 0 Å². The van der Waals surface area contributed by atoms with Gasteiger partial charge in [-0.1, -0.05) is 37.3 Å². The Morgan fingerprint density at radius 2 is 2.13 bits per heavy atom. The lowest BCUT2D eigenvalue weighted by atomic mass is 9.93. The summed E-state index contributed by atoms with van der Waals surface area (Å²) in [5.41, 5.74) is 2.49. The van der Waals surface area contributed by atoms with Gasteiger partial charge in [0, 0.05) is 17.5 Å². The Balaban J connectivity index is 1.85. The van der Waals surface area contributed by atoms with Crippen molar-refractivity contribution in [2.45, 2.75) is 38.8 Å². The van der Waals surface area contributed by atoms with E-state index in [1.807, 2.05) is 11.0 Å². The molecule has 2 heterocycles. The molecule has 1 aromatic carbocycles. The van der Waals surface area contributed by atoms with E-state index in [0.717, 1.165) is 19.4 Å². The molecule has 0 bridgehead atoms. The summed E-state index contributed by atoms with van der Waals surface area (Å²) in [6, 6.07) is 13.0. The second kappa shape index (κ2) is 7.28. The maximum Gasteiger partial charge on any atom is 0.237 e. The summed E-state index contributed by atoms with van der Waals surface area (Å²) in [4.78, 5) is 16.3. The van der Waals surface area contributed by atoms with Gasteiger partial charge >= 0.3 is 0 Å². The Hall–Kier alpha value is -1.65. The number of thiophene rings is 1. The zero-order valence-corrected chi connectivity index (χ0v) is 14.6. The summed E-state index contributed by atoms with van der Waals surface area (Å²) in [5, 5.41) is 5.48. The molecular formula is C19H24N2OS. The highest BCUT2D eigenvalue weighted by Gasteiger charge is 2.32. The van der Waals surface area contributed by atoms with Crippen molar-refractivity contribution in [2.75, 3.05) is 13.1 Å². The van der Waals surface area contributed by atoms with Crippen LogP contribution in [0.25, 0.3) is 0 Å². The minimum Gasteiger partial charge on any atom is -0.330 e. The molecule has 4 heteroatoms. The number of carbonyl (C=O) groups is 1. The third-order valence-electron chi connectivity index (χ3n) is 4.62. The molecule has 122 valence electrons. The standard InChI is InChI=1S/C19H24N2OS/c1-3-14(2)20-13-18(22)21-11-9-17-16(10-12-23-17)19(21)15-7-5-4-6-8-15/h4-8,10,12,14,19-20H,3,9,11,13H2,1-2H3/t14-,19-/m1/s1. The summed E-state index contributed by atoms with van der Waals surface area (Å²) in [6.45, 7) is 5.47. The van der Waals surface area contributed by atoms with E-state index < -0.39 is 0 Å². The smallest absolute Gasteiger partial charge is 0.237 e. The summed E-state index contributed by atoms with van der Waals surface area (Å²) in [6.07, 6.45) is 2.00. The second-order valence-electron chi connectivity index (χ2n) is 6.14. The fourth-order valence-electron chi connectivity index (χ4n) is 3.09. The van der Waals surface area contributed by atoms with Crippen molar-refractivity contribution in [1.29, 1.82) is 0 Å².